The van der Waals surface area contributed by atoms with Gasteiger partial charge in [0.25, 0.3) is 0 Å². The van der Waals surface area contributed by atoms with E-state index >= 15 is 0 Å². The second-order valence-electron chi connectivity index (χ2n) is 8.01. The first-order valence-electron chi connectivity index (χ1n) is 11.0. The smallest absolute Gasteiger partial charge is 0.0681 e. The molecule has 0 radical (unpaired) electrons. The molecule has 31 heavy (non-hydrogen) atoms. The topological polar surface area (TPSA) is 40.5 Å². The maximum atomic E-state index is 9.32. The van der Waals surface area contributed by atoms with E-state index in [9.17, 15) is 10.2 Å². The van der Waals surface area contributed by atoms with E-state index in [-0.39, 0.29) is 13.2 Å². The van der Waals surface area contributed by atoms with E-state index in [0.29, 0.717) is 0 Å². The van der Waals surface area contributed by atoms with E-state index < -0.39 is 0 Å². The monoisotopic (exact) mass is 412 g/mol. The van der Waals surface area contributed by atoms with Crippen LogP contribution < -0.4 is 0 Å². The molecule has 0 aromatic heterocycles. The van der Waals surface area contributed by atoms with Crippen LogP contribution in [0.3, 0.4) is 0 Å². The molecule has 3 aromatic rings. The van der Waals surface area contributed by atoms with Crippen molar-refractivity contribution in [1.82, 2.24) is 0 Å². The predicted molar refractivity (Wildman–Crippen MR) is 133 cm³/mol. The second-order valence-corrected chi connectivity index (χ2v) is 8.01. The van der Waals surface area contributed by atoms with Crippen LogP contribution in [-0.4, -0.2) is 23.4 Å². The average Bonchev–Trinajstić information content (AvgIpc) is 2.83. The Bertz CT molecular complexity index is 1030. The van der Waals surface area contributed by atoms with E-state index in [1.165, 1.54) is 41.5 Å². The fourth-order valence-corrected chi connectivity index (χ4v) is 3.79. The summed E-state index contributed by atoms with van der Waals surface area (Å²) in [7, 11) is 0. The minimum absolute atomic E-state index is 0.0270. The Labute approximate surface area is 186 Å². The number of unbranched alkanes of at least 4 members (excludes halogenated alkanes) is 2. The molecule has 0 saturated carbocycles. The molecule has 0 fully saturated rings. The molecule has 2 N–H and O–H groups in total. The van der Waals surface area contributed by atoms with Crippen molar-refractivity contribution in [2.75, 3.05) is 13.2 Å². The molecule has 0 aliphatic rings. The van der Waals surface area contributed by atoms with Gasteiger partial charge in [-0.05, 0) is 62.9 Å². The minimum Gasteiger partial charge on any atom is -0.392 e. The first kappa shape index (κ1) is 22.7. The predicted octanol–water partition coefficient (Wildman–Crippen LogP) is 6.76. The summed E-state index contributed by atoms with van der Waals surface area (Å²) in [5, 5.41) is 18.6. The maximum Gasteiger partial charge on any atom is 0.0681 e. The normalized spacial score (nSPS) is 10.8. The van der Waals surface area contributed by atoms with Gasteiger partial charge in [0, 0.05) is 0 Å². The highest BCUT2D eigenvalue weighted by Crippen LogP contribution is 2.31. The molecule has 2 nitrogen and oxygen atoms in total. The SMILES string of the molecule is C=C(CO)c1ccc(-c2ccc(-c3ccc(C(=C)CO)cc3)c(CCCCC)c2)cc1. The van der Waals surface area contributed by atoms with E-state index in [4.69, 9.17) is 0 Å². The summed E-state index contributed by atoms with van der Waals surface area (Å²) in [5.41, 5.74) is 9.55. The molecule has 0 saturated heterocycles. The van der Waals surface area contributed by atoms with Crippen LogP contribution in [0.4, 0.5) is 0 Å². The lowest BCUT2D eigenvalue weighted by Crippen LogP contribution is -1.94. The quantitative estimate of drug-likeness (QED) is 0.361. The van der Waals surface area contributed by atoms with Gasteiger partial charge in [0.15, 0.2) is 0 Å². The fourth-order valence-electron chi connectivity index (χ4n) is 3.79. The Morgan fingerprint density at radius 3 is 1.71 bits per heavy atom. The lowest BCUT2D eigenvalue weighted by atomic mass is 9.91. The number of hydrogen-bond donors (Lipinski definition) is 2. The highest BCUT2D eigenvalue weighted by atomic mass is 16.3. The molecular formula is C29H32O2. The lowest BCUT2D eigenvalue weighted by Gasteiger charge is -2.14. The third-order valence-electron chi connectivity index (χ3n) is 5.77. The van der Waals surface area contributed by atoms with Crippen LogP contribution >= 0.6 is 0 Å². The largest absolute Gasteiger partial charge is 0.392 e. The van der Waals surface area contributed by atoms with Crippen LogP contribution in [0.15, 0.2) is 79.9 Å². The summed E-state index contributed by atoms with van der Waals surface area (Å²) in [6.07, 6.45) is 4.63. The van der Waals surface area contributed by atoms with E-state index in [0.717, 1.165) is 34.3 Å². The van der Waals surface area contributed by atoms with E-state index in [1.807, 2.05) is 24.3 Å². The zero-order valence-corrected chi connectivity index (χ0v) is 18.4. The molecule has 0 spiro atoms. The fraction of sp³-hybridized carbons (Fsp3) is 0.241. The van der Waals surface area contributed by atoms with Crippen molar-refractivity contribution in [1.29, 1.82) is 0 Å². The van der Waals surface area contributed by atoms with Crippen LogP contribution in [0.2, 0.25) is 0 Å². The van der Waals surface area contributed by atoms with E-state index in [1.54, 1.807) is 0 Å². The number of aliphatic hydroxyl groups is 2. The molecule has 0 aliphatic heterocycles. The maximum absolute atomic E-state index is 9.32. The summed E-state index contributed by atoms with van der Waals surface area (Å²) < 4.78 is 0. The Morgan fingerprint density at radius 1 is 0.677 bits per heavy atom. The highest BCUT2D eigenvalue weighted by Gasteiger charge is 2.09. The number of benzene rings is 3. The van der Waals surface area contributed by atoms with Crippen molar-refractivity contribution in [3.63, 3.8) is 0 Å². The summed E-state index contributed by atoms with van der Waals surface area (Å²) in [6.45, 7) is 9.98. The third kappa shape index (κ3) is 5.61. The zero-order chi connectivity index (χ0) is 22.2. The molecule has 0 amide bonds. The lowest BCUT2D eigenvalue weighted by molar-refractivity contribution is 0.350. The Morgan fingerprint density at radius 2 is 1.19 bits per heavy atom. The van der Waals surface area contributed by atoms with Crippen LogP contribution in [0, 0.1) is 0 Å². The van der Waals surface area contributed by atoms with Gasteiger partial charge in [0.2, 0.25) is 0 Å². The summed E-state index contributed by atoms with van der Waals surface area (Å²) >= 11 is 0. The summed E-state index contributed by atoms with van der Waals surface area (Å²) in [5.74, 6) is 0. The Balaban J connectivity index is 1.95. The van der Waals surface area contributed by atoms with Gasteiger partial charge in [-0.2, -0.15) is 0 Å². The van der Waals surface area contributed by atoms with Crippen molar-refractivity contribution in [2.45, 2.75) is 32.6 Å². The van der Waals surface area contributed by atoms with Crippen molar-refractivity contribution >= 4 is 11.1 Å². The Hall–Kier alpha value is -2.94. The van der Waals surface area contributed by atoms with Gasteiger partial charge >= 0.3 is 0 Å². The highest BCUT2D eigenvalue weighted by molar-refractivity contribution is 5.76. The van der Waals surface area contributed by atoms with Gasteiger partial charge < -0.3 is 10.2 Å². The van der Waals surface area contributed by atoms with Gasteiger partial charge in [0.1, 0.15) is 0 Å². The van der Waals surface area contributed by atoms with Crippen LogP contribution in [-0.2, 0) is 6.42 Å². The van der Waals surface area contributed by atoms with Crippen molar-refractivity contribution < 1.29 is 10.2 Å². The van der Waals surface area contributed by atoms with Gasteiger partial charge in [-0.1, -0.05) is 99.7 Å². The average molecular weight is 413 g/mol. The number of aliphatic hydroxyl groups excluding tert-OH is 2. The second kappa shape index (κ2) is 10.9. The van der Waals surface area contributed by atoms with Gasteiger partial charge in [-0.25, -0.2) is 0 Å². The number of hydrogen-bond acceptors (Lipinski definition) is 2. The molecule has 3 aromatic carbocycles. The van der Waals surface area contributed by atoms with Crippen molar-refractivity contribution in [3.05, 3.63) is 96.6 Å². The summed E-state index contributed by atoms with van der Waals surface area (Å²) in [4.78, 5) is 0. The van der Waals surface area contributed by atoms with E-state index in [2.05, 4.69) is 62.5 Å². The minimum atomic E-state index is -0.0277. The van der Waals surface area contributed by atoms with Crippen LogP contribution in [0.5, 0.6) is 0 Å². The molecule has 0 aliphatic carbocycles. The van der Waals surface area contributed by atoms with Gasteiger partial charge in [0.05, 0.1) is 13.2 Å². The molecule has 0 heterocycles. The number of aryl methyl sites for hydroxylation is 1. The zero-order valence-electron chi connectivity index (χ0n) is 18.4. The van der Waals surface area contributed by atoms with Crippen LogP contribution in [0.1, 0.15) is 42.9 Å². The summed E-state index contributed by atoms with van der Waals surface area (Å²) in [6, 6.07) is 23.2. The molecule has 160 valence electrons. The molecule has 0 unspecified atom stereocenters. The van der Waals surface area contributed by atoms with Crippen LogP contribution in [0.25, 0.3) is 33.4 Å². The van der Waals surface area contributed by atoms with Crippen molar-refractivity contribution in [3.8, 4) is 22.3 Å². The first-order valence-corrected chi connectivity index (χ1v) is 11.0. The molecule has 2 heteroatoms. The van der Waals surface area contributed by atoms with Gasteiger partial charge in [-0.3, -0.25) is 0 Å². The first-order chi connectivity index (χ1) is 15.1. The van der Waals surface area contributed by atoms with Crippen molar-refractivity contribution in [2.24, 2.45) is 0 Å². The molecular weight excluding hydrogens is 380 g/mol. The number of rotatable bonds is 10. The Kier molecular flexibility index (Phi) is 8.00. The molecule has 0 bridgehead atoms. The molecule has 0 atom stereocenters. The third-order valence-corrected chi connectivity index (χ3v) is 5.77. The molecule has 3 rings (SSSR count). The van der Waals surface area contributed by atoms with Gasteiger partial charge in [-0.15, -0.1) is 0 Å². The standard InChI is InChI=1S/C29H32O2/c1-4-5-6-7-28-18-27(25-12-8-23(9-13-25)21(2)19-30)16-17-29(28)26-14-10-24(11-15-26)22(3)20-31/h8-18,30-31H,2-7,19-20H2,1H3.